The highest BCUT2D eigenvalue weighted by Gasteiger charge is 2.33. The van der Waals surface area contributed by atoms with Gasteiger partial charge in [0.2, 0.25) is 0 Å². The molecule has 2 aliphatic heterocycles. The van der Waals surface area contributed by atoms with Crippen LogP contribution in [0, 0.1) is 5.41 Å². The van der Waals surface area contributed by atoms with Gasteiger partial charge < -0.3 is 5.32 Å². The normalized spacial score (nSPS) is 31.9. The van der Waals surface area contributed by atoms with Crippen molar-refractivity contribution >= 4 is 11.8 Å². The fraction of sp³-hybridized carbons (Fsp3) is 1.00. The molecule has 2 aliphatic rings. The minimum absolute atomic E-state index is 0.515. The maximum Gasteiger partial charge on any atom is 0.0195 e. The Hall–Kier alpha value is 0.270. The van der Waals surface area contributed by atoms with Gasteiger partial charge in [-0.15, -0.1) is 0 Å². The third-order valence-corrected chi connectivity index (χ3v) is 6.17. The van der Waals surface area contributed by atoms with Gasteiger partial charge in [-0.05, 0) is 50.8 Å². The zero-order valence-corrected chi connectivity index (χ0v) is 14.1. The first kappa shape index (κ1) is 15.7. The highest BCUT2D eigenvalue weighted by Crippen LogP contribution is 2.36. The van der Waals surface area contributed by atoms with Crippen LogP contribution in [-0.2, 0) is 0 Å². The minimum Gasteiger partial charge on any atom is -0.313 e. The van der Waals surface area contributed by atoms with Crippen molar-refractivity contribution in [1.82, 2.24) is 10.2 Å². The SMILES string of the molecule is CC(C)N(CC1CCCCN1)C1CSCC(C)(C)C1. The van der Waals surface area contributed by atoms with Crippen molar-refractivity contribution in [3.05, 3.63) is 0 Å². The second-order valence-corrected chi connectivity index (χ2v) is 8.50. The molecule has 112 valence electrons. The molecule has 1 N–H and O–H groups in total. The van der Waals surface area contributed by atoms with Crippen molar-refractivity contribution in [2.45, 2.75) is 71.5 Å². The summed E-state index contributed by atoms with van der Waals surface area (Å²) >= 11 is 2.16. The number of nitrogens with zero attached hydrogens (tertiary/aromatic N) is 1. The molecule has 0 aromatic carbocycles. The third-order valence-electron chi connectivity index (χ3n) is 4.57. The van der Waals surface area contributed by atoms with Gasteiger partial charge in [0.05, 0.1) is 0 Å². The summed E-state index contributed by atoms with van der Waals surface area (Å²) in [6, 6.07) is 2.17. The van der Waals surface area contributed by atoms with Crippen molar-refractivity contribution in [3.63, 3.8) is 0 Å². The Bertz CT molecular complexity index is 272. The lowest BCUT2D eigenvalue weighted by atomic mass is 9.86. The van der Waals surface area contributed by atoms with Crippen LogP contribution < -0.4 is 5.32 Å². The average Bonchev–Trinajstić information content (AvgIpc) is 2.35. The molecule has 2 unspecified atom stereocenters. The number of thioether (sulfide) groups is 1. The van der Waals surface area contributed by atoms with E-state index in [-0.39, 0.29) is 0 Å². The topological polar surface area (TPSA) is 15.3 Å². The zero-order valence-electron chi connectivity index (χ0n) is 13.2. The molecule has 2 atom stereocenters. The van der Waals surface area contributed by atoms with Gasteiger partial charge in [0, 0.05) is 30.4 Å². The van der Waals surface area contributed by atoms with E-state index in [0.717, 1.165) is 12.1 Å². The molecule has 2 saturated heterocycles. The molecule has 0 aromatic rings. The summed E-state index contributed by atoms with van der Waals surface area (Å²) in [6.07, 6.45) is 5.51. The molecule has 0 saturated carbocycles. The maximum atomic E-state index is 3.72. The number of piperidine rings is 1. The van der Waals surface area contributed by atoms with Crippen LogP contribution >= 0.6 is 11.8 Å². The van der Waals surface area contributed by atoms with E-state index in [1.165, 1.54) is 50.3 Å². The number of nitrogens with one attached hydrogen (secondary N) is 1. The molecule has 0 spiro atoms. The van der Waals surface area contributed by atoms with Gasteiger partial charge in [-0.2, -0.15) is 11.8 Å². The van der Waals surface area contributed by atoms with E-state index < -0.39 is 0 Å². The molecule has 2 nitrogen and oxygen atoms in total. The molecule has 3 heteroatoms. The van der Waals surface area contributed by atoms with Crippen LogP contribution in [0.2, 0.25) is 0 Å². The van der Waals surface area contributed by atoms with Crippen molar-refractivity contribution < 1.29 is 0 Å². The molecule has 19 heavy (non-hydrogen) atoms. The Morgan fingerprint density at radius 2 is 2.11 bits per heavy atom. The van der Waals surface area contributed by atoms with Crippen LogP contribution in [-0.4, -0.2) is 47.6 Å². The second kappa shape index (κ2) is 6.82. The first-order chi connectivity index (χ1) is 8.98. The van der Waals surface area contributed by atoms with E-state index in [9.17, 15) is 0 Å². The van der Waals surface area contributed by atoms with Crippen LogP contribution in [0.15, 0.2) is 0 Å². The largest absolute Gasteiger partial charge is 0.313 e. The quantitative estimate of drug-likeness (QED) is 0.852. The lowest BCUT2D eigenvalue weighted by Crippen LogP contribution is -2.52. The molecule has 0 amide bonds. The van der Waals surface area contributed by atoms with Crippen LogP contribution in [0.1, 0.15) is 53.4 Å². The van der Waals surface area contributed by atoms with Gasteiger partial charge in [-0.3, -0.25) is 4.90 Å². The van der Waals surface area contributed by atoms with E-state index in [1.54, 1.807) is 0 Å². The molecule has 0 bridgehead atoms. The Labute approximate surface area is 124 Å². The number of hydrogen-bond acceptors (Lipinski definition) is 3. The van der Waals surface area contributed by atoms with Crippen molar-refractivity contribution in [3.8, 4) is 0 Å². The van der Waals surface area contributed by atoms with Crippen LogP contribution in [0.5, 0.6) is 0 Å². The number of rotatable bonds is 4. The summed E-state index contributed by atoms with van der Waals surface area (Å²) in [5.41, 5.74) is 0.515. The van der Waals surface area contributed by atoms with E-state index in [1.807, 2.05) is 0 Å². The standard InChI is InChI=1S/C16H32N2S/c1-13(2)18(10-14-7-5-6-8-17-14)15-9-16(3,4)12-19-11-15/h13-15,17H,5-12H2,1-4H3. The highest BCUT2D eigenvalue weighted by atomic mass is 32.2. The Kier molecular flexibility index (Phi) is 5.62. The van der Waals surface area contributed by atoms with Gasteiger partial charge in [0.15, 0.2) is 0 Å². The predicted octanol–water partition coefficient (Wildman–Crippen LogP) is 3.37. The fourth-order valence-electron chi connectivity index (χ4n) is 3.56. The Balaban J connectivity index is 1.94. The van der Waals surface area contributed by atoms with Gasteiger partial charge >= 0.3 is 0 Å². The van der Waals surface area contributed by atoms with E-state index in [4.69, 9.17) is 0 Å². The maximum absolute atomic E-state index is 3.72. The molecule has 0 aliphatic carbocycles. The summed E-state index contributed by atoms with van der Waals surface area (Å²) in [6.45, 7) is 12.1. The van der Waals surface area contributed by atoms with Gasteiger partial charge in [0.1, 0.15) is 0 Å². The Morgan fingerprint density at radius 1 is 1.32 bits per heavy atom. The van der Waals surface area contributed by atoms with Crippen LogP contribution in [0.3, 0.4) is 0 Å². The van der Waals surface area contributed by atoms with Gasteiger partial charge in [0.25, 0.3) is 0 Å². The third kappa shape index (κ3) is 4.64. The van der Waals surface area contributed by atoms with Crippen LogP contribution in [0.25, 0.3) is 0 Å². The molecule has 2 heterocycles. The smallest absolute Gasteiger partial charge is 0.0195 e. The second-order valence-electron chi connectivity index (χ2n) is 7.47. The summed E-state index contributed by atoms with van der Waals surface area (Å²) in [5, 5.41) is 3.72. The zero-order chi connectivity index (χ0) is 13.9. The van der Waals surface area contributed by atoms with Crippen molar-refractivity contribution in [2.24, 2.45) is 5.41 Å². The average molecular weight is 285 g/mol. The Morgan fingerprint density at radius 3 is 2.68 bits per heavy atom. The lowest BCUT2D eigenvalue weighted by Gasteiger charge is -2.44. The molecular weight excluding hydrogens is 252 g/mol. The minimum atomic E-state index is 0.515. The van der Waals surface area contributed by atoms with E-state index in [0.29, 0.717) is 11.5 Å². The molecule has 0 aromatic heterocycles. The van der Waals surface area contributed by atoms with Gasteiger partial charge in [-0.25, -0.2) is 0 Å². The first-order valence-electron chi connectivity index (χ1n) is 8.05. The summed E-state index contributed by atoms with van der Waals surface area (Å²) < 4.78 is 0. The van der Waals surface area contributed by atoms with Crippen molar-refractivity contribution in [1.29, 1.82) is 0 Å². The van der Waals surface area contributed by atoms with Gasteiger partial charge in [-0.1, -0.05) is 20.3 Å². The van der Waals surface area contributed by atoms with E-state index in [2.05, 4.69) is 49.7 Å². The molecule has 2 fully saturated rings. The summed E-state index contributed by atoms with van der Waals surface area (Å²) in [5.74, 6) is 2.66. The number of hydrogen-bond donors (Lipinski definition) is 1. The highest BCUT2D eigenvalue weighted by molar-refractivity contribution is 7.99. The molecule has 0 radical (unpaired) electrons. The summed E-state index contributed by atoms with van der Waals surface area (Å²) in [4.78, 5) is 2.77. The van der Waals surface area contributed by atoms with Crippen LogP contribution in [0.4, 0.5) is 0 Å². The molecular formula is C16H32N2S. The lowest BCUT2D eigenvalue weighted by molar-refractivity contribution is 0.108. The predicted molar refractivity (Wildman–Crippen MR) is 87.0 cm³/mol. The first-order valence-corrected chi connectivity index (χ1v) is 9.20. The molecule has 2 rings (SSSR count). The van der Waals surface area contributed by atoms with E-state index >= 15 is 0 Å². The fourth-order valence-corrected chi connectivity index (χ4v) is 4.93. The summed E-state index contributed by atoms with van der Waals surface area (Å²) in [7, 11) is 0. The monoisotopic (exact) mass is 284 g/mol. The van der Waals surface area contributed by atoms with Crippen molar-refractivity contribution in [2.75, 3.05) is 24.6 Å².